The van der Waals surface area contributed by atoms with Crippen molar-refractivity contribution in [2.24, 2.45) is 22.2 Å². The Morgan fingerprint density at radius 1 is 1.06 bits per heavy atom. The number of nitrogens with two attached hydrogens (primary N) is 3. The molecule has 16 atom stereocenters. The fourth-order valence-corrected chi connectivity index (χ4v) is 6.06. The second-order valence-corrected chi connectivity index (χ2v) is 12.7. The molecule has 0 aromatic rings. The minimum absolute atomic E-state index is 0.0825. The van der Waals surface area contributed by atoms with Crippen molar-refractivity contribution >= 4 is 11.9 Å². The molecule has 3 unspecified atom stereocenters. The summed E-state index contributed by atoms with van der Waals surface area (Å²) in [5.74, 6) is -1.64. The third-order valence-electron chi connectivity index (χ3n) is 8.83. The first kappa shape index (κ1) is 40.5. The number of aliphatic imine (C=N–C) groups is 1. The molecule has 3 aliphatic rings. The van der Waals surface area contributed by atoms with Crippen LogP contribution in [0, 0.1) is 0 Å². The lowest BCUT2D eigenvalue weighted by molar-refractivity contribution is -0.331. The van der Waals surface area contributed by atoms with Crippen LogP contribution in [-0.4, -0.2) is 188 Å². The van der Waals surface area contributed by atoms with Gasteiger partial charge in [-0.1, -0.05) is 6.92 Å². The second kappa shape index (κ2) is 16.9. The Kier molecular flexibility index (Phi) is 14.2. The standard InChI is InChI=1S/C27H53N7O14/c1-4-27(44,34-25(29)30)24(42)33-12-5-11(28)19(17(40)20(12)48-22-18(41)21(31-3)26(2,43)9-45-22)47-23-16(39)15(38)14(37)13(46-23)7-32-6-10(36)8-35/h10-23,31-32,35-41,43-44H,4-9,28H2,1-3H3,(H,33,42)(H4,29,30,34)/t10?,11-,12+,13+,14+,15-,16+,17-,18+,19?,20-,21+,22+,23+,26-,27?/m0/s1. The highest BCUT2D eigenvalue weighted by Gasteiger charge is 2.53. The normalized spacial score (nSPS) is 42.4. The van der Waals surface area contributed by atoms with E-state index in [0.29, 0.717) is 0 Å². The van der Waals surface area contributed by atoms with Crippen LogP contribution in [0.4, 0.5) is 0 Å². The van der Waals surface area contributed by atoms with E-state index in [9.17, 15) is 45.6 Å². The summed E-state index contributed by atoms with van der Waals surface area (Å²) in [7, 11) is 1.50. The average Bonchev–Trinajstić information content (AvgIpc) is 3.02. The number of likely N-dealkylation sites (N-methyl/N-ethyl adjacent to an activating group) is 1. The first-order valence-corrected chi connectivity index (χ1v) is 15.7. The predicted molar refractivity (Wildman–Crippen MR) is 163 cm³/mol. The van der Waals surface area contributed by atoms with E-state index in [1.807, 2.05) is 0 Å². The zero-order chi connectivity index (χ0) is 36.1. The molecule has 48 heavy (non-hydrogen) atoms. The highest BCUT2D eigenvalue weighted by Crippen LogP contribution is 2.33. The Balaban J connectivity index is 1.87. The number of hydrogen-bond acceptors (Lipinski definition) is 18. The second-order valence-electron chi connectivity index (χ2n) is 12.7. The average molecular weight is 700 g/mol. The molecular weight excluding hydrogens is 646 g/mol. The highest BCUT2D eigenvalue weighted by molar-refractivity contribution is 5.88. The number of amides is 1. The van der Waals surface area contributed by atoms with Gasteiger partial charge < -0.3 is 98.1 Å². The van der Waals surface area contributed by atoms with Gasteiger partial charge in [0.15, 0.2) is 18.5 Å². The minimum Gasteiger partial charge on any atom is -0.394 e. The molecule has 3 fully saturated rings. The van der Waals surface area contributed by atoms with Gasteiger partial charge in [0.1, 0.15) is 54.4 Å². The van der Waals surface area contributed by atoms with Crippen molar-refractivity contribution in [1.29, 1.82) is 0 Å². The zero-order valence-corrected chi connectivity index (χ0v) is 27.1. The molecule has 21 nitrogen and oxygen atoms in total. The molecule has 1 saturated carbocycles. The van der Waals surface area contributed by atoms with Gasteiger partial charge in [0.25, 0.3) is 5.91 Å². The number of nitrogens with zero attached hydrogens (tertiary/aromatic N) is 1. The number of rotatable bonds is 14. The quantitative estimate of drug-likeness (QED) is 0.0591. The lowest BCUT2D eigenvalue weighted by Gasteiger charge is -2.49. The van der Waals surface area contributed by atoms with E-state index >= 15 is 0 Å². The van der Waals surface area contributed by atoms with Gasteiger partial charge in [0, 0.05) is 25.6 Å². The fourth-order valence-electron chi connectivity index (χ4n) is 6.06. The summed E-state index contributed by atoms with van der Waals surface area (Å²) in [5, 5.41) is 103. The van der Waals surface area contributed by atoms with Crippen LogP contribution in [0.2, 0.25) is 0 Å². The Hall–Kier alpha value is -1.90. The number of guanidine groups is 1. The largest absolute Gasteiger partial charge is 0.394 e. The van der Waals surface area contributed by atoms with Crippen LogP contribution < -0.4 is 33.2 Å². The molecule has 1 aliphatic carbocycles. The third kappa shape index (κ3) is 9.25. The summed E-state index contributed by atoms with van der Waals surface area (Å²) in [6.45, 7) is 1.82. The van der Waals surface area contributed by atoms with E-state index in [1.54, 1.807) is 0 Å². The molecule has 0 spiro atoms. The Labute approximate surface area is 277 Å². The van der Waals surface area contributed by atoms with Gasteiger partial charge in [-0.2, -0.15) is 0 Å². The Bertz CT molecular complexity index is 1080. The maximum Gasteiger partial charge on any atom is 0.275 e. The molecule has 3 rings (SSSR count). The van der Waals surface area contributed by atoms with Gasteiger partial charge in [0.2, 0.25) is 5.72 Å². The minimum atomic E-state index is -2.41. The number of hydrogen-bond donors (Lipinski definition) is 15. The third-order valence-corrected chi connectivity index (χ3v) is 8.83. The lowest BCUT2D eigenvalue weighted by Crippen LogP contribution is -2.70. The van der Waals surface area contributed by atoms with Gasteiger partial charge in [-0.15, -0.1) is 0 Å². The number of aliphatic hydroxyl groups is 9. The van der Waals surface area contributed by atoms with Crippen molar-refractivity contribution in [3.8, 4) is 0 Å². The maximum atomic E-state index is 13.2. The molecule has 21 heteroatoms. The molecule has 0 aromatic carbocycles. The van der Waals surface area contributed by atoms with E-state index in [2.05, 4.69) is 20.9 Å². The summed E-state index contributed by atoms with van der Waals surface area (Å²) >= 11 is 0. The molecule has 2 aliphatic heterocycles. The van der Waals surface area contributed by atoms with Crippen molar-refractivity contribution in [3.63, 3.8) is 0 Å². The fraction of sp³-hybridized carbons (Fsp3) is 0.926. The molecule has 18 N–H and O–H groups in total. The van der Waals surface area contributed by atoms with E-state index < -0.39 is 115 Å². The van der Waals surface area contributed by atoms with Gasteiger partial charge in [0.05, 0.1) is 31.4 Å². The van der Waals surface area contributed by atoms with Crippen LogP contribution in [-0.2, 0) is 23.7 Å². The predicted octanol–water partition coefficient (Wildman–Crippen LogP) is -8.49. The van der Waals surface area contributed by atoms with Crippen LogP contribution in [0.25, 0.3) is 0 Å². The van der Waals surface area contributed by atoms with Crippen molar-refractivity contribution in [2.45, 2.75) is 124 Å². The van der Waals surface area contributed by atoms with Crippen LogP contribution in [0.1, 0.15) is 26.7 Å². The summed E-state index contributed by atoms with van der Waals surface area (Å²) in [6, 6.07) is -3.27. The molecule has 280 valence electrons. The summed E-state index contributed by atoms with van der Waals surface area (Å²) < 4.78 is 23.2. The van der Waals surface area contributed by atoms with Crippen LogP contribution in [0.15, 0.2) is 4.99 Å². The van der Waals surface area contributed by atoms with Gasteiger partial charge in [-0.05, 0) is 20.4 Å². The van der Waals surface area contributed by atoms with Gasteiger partial charge >= 0.3 is 0 Å². The SMILES string of the molecule is CCC(O)(N=C(N)N)C(=O)N[C@@H]1C[C@H](N)C(O[C@H]2O[C@H](CNCC(O)CO)[C@@H](O)[C@H](O)[C@H]2O)[C@H](O)[C@H]1O[C@H]1OC[C@](C)(O)[C@H](NC)[C@H]1O. The number of ether oxygens (including phenoxy) is 4. The molecule has 0 radical (unpaired) electrons. The summed E-state index contributed by atoms with van der Waals surface area (Å²) in [4.78, 5) is 16.9. The van der Waals surface area contributed by atoms with Crippen LogP contribution >= 0.6 is 0 Å². The first-order valence-electron chi connectivity index (χ1n) is 15.7. The summed E-state index contributed by atoms with van der Waals surface area (Å²) in [6.07, 6.45) is -17.3. The van der Waals surface area contributed by atoms with Crippen molar-refractivity contribution in [1.82, 2.24) is 16.0 Å². The Morgan fingerprint density at radius 2 is 1.71 bits per heavy atom. The monoisotopic (exact) mass is 699 g/mol. The van der Waals surface area contributed by atoms with E-state index in [1.165, 1.54) is 20.9 Å². The van der Waals surface area contributed by atoms with Gasteiger partial charge in [-0.25, -0.2) is 4.99 Å². The number of carbonyl (C=O) groups is 1. The van der Waals surface area contributed by atoms with E-state index in [4.69, 9.17) is 41.3 Å². The van der Waals surface area contributed by atoms with Crippen molar-refractivity contribution in [3.05, 3.63) is 0 Å². The molecule has 2 saturated heterocycles. The summed E-state index contributed by atoms with van der Waals surface area (Å²) in [5.41, 5.74) is 13.3. The van der Waals surface area contributed by atoms with Crippen molar-refractivity contribution < 1.29 is 69.7 Å². The van der Waals surface area contributed by atoms with Crippen LogP contribution in [0.3, 0.4) is 0 Å². The molecule has 0 aromatic heterocycles. The Morgan fingerprint density at radius 3 is 2.29 bits per heavy atom. The van der Waals surface area contributed by atoms with E-state index in [0.717, 1.165) is 0 Å². The molecule has 0 bridgehead atoms. The van der Waals surface area contributed by atoms with Crippen molar-refractivity contribution in [2.75, 3.05) is 33.4 Å². The number of carbonyl (C=O) groups excluding carboxylic acids is 1. The molecule has 2 heterocycles. The smallest absolute Gasteiger partial charge is 0.275 e. The lowest BCUT2D eigenvalue weighted by atomic mass is 9.83. The first-order chi connectivity index (χ1) is 22.4. The topological polar surface area (TPSA) is 363 Å². The molecular formula is C27H53N7O14. The number of aliphatic hydroxyl groups excluding tert-OH is 7. The zero-order valence-electron chi connectivity index (χ0n) is 27.1. The van der Waals surface area contributed by atoms with Crippen LogP contribution in [0.5, 0.6) is 0 Å². The molecule has 1 amide bonds. The van der Waals surface area contributed by atoms with E-state index in [-0.39, 0.29) is 32.5 Å². The maximum absolute atomic E-state index is 13.2. The highest BCUT2D eigenvalue weighted by atomic mass is 16.7. The van der Waals surface area contributed by atoms with Gasteiger partial charge in [-0.3, -0.25) is 4.79 Å². The number of nitrogens with one attached hydrogen (secondary N) is 3.